The Bertz CT molecular complexity index is 653. The molecule has 0 atom stereocenters. The molecule has 0 unspecified atom stereocenters. The summed E-state index contributed by atoms with van der Waals surface area (Å²) < 4.78 is 18.9. The van der Waals surface area contributed by atoms with Crippen LogP contribution in [-0.2, 0) is 14.3 Å². The third-order valence-electron chi connectivity index (χ3n) is 5.21. The second-order valence-electron chi connectivity index (χ2n) is 6.99. The Balaban J connectivity index is 1.46. The fourth-order valence-electron chi connectivity index (χ4n) is 3.60. The first-order valence-electron chi connectivity index (χ1n) is 9.16. The Labute approximate surface area is 152 Å². The summed E-state index contributed by atoms with van der Waals surface area (Å²) in [6.07, 6.45) is 3.36. The van der Waals surface area contributed by atoms with Gasteiger partial charge in [0.1, 0.15) is 5.82 Å². The molecule has 1 aromatic rings. The Kier molecular flexibility index (Phi) is 5.76. The van der Waals surface area contributed by atoms with E-state index in [1.807, 2.05) is 4.90 Å². The van der Waals surface area contributed by atoms with Crippen LogP contribution in [0.1, 0.15) is 32.1 Å². The number of esters is 1. The number of piperazine rings is 1. The predicted octanol–water partition coefficient (Wildman–Crippen LogP) is 1.71. The minimum atomic E-state index is -1.44. The Morgan fingerprint density at radius 3 is 2.38 bits per heavy atom. The minimum Gasteiger partial charge on any atom is -0.453 e. The summed E-state index contributed by atoms with van der Waals surface area (Å²) in [7, 11) is 0. The molecule has 1 heterocycles. The van der Waals surface area contributed by atoms with Crippen molar-refractivity contribution in [2.45, 2.75) is 37.7 Å². The number of hydrogen-bond donors (Lipinski definition) is 1. The van der Waals surface area contributed by atoms with Gasteiger partial charge >= 0.3 is 5.97 Å². The molecule has 3 rings (SSSR count). The molecule has 7 heteroatoms. The second-order valence-corrected chi connectivity index (χ2v) is 6.99. The maximum Gasteiger partial charge on any atom is 0.338 e. The zero-order valence-corrected chi connectivity index (χ0v) is 14.8. The lowest BCUT2D eigenvalue weighted by Gasteiger charge is -2.36. The van der Waals surface area contributed by atoms with Gasteiger partial charge in [-0.3, -0.25) is 4.79 Å². The molecule has 1 aliphatic heterocycles. The lowest BCUT2D eigenvalue weighted by molar-refractivity contribution is -0.172. The van der Waals surface area contributed by atoms with Gasteiger partial charge in [-0.15, -0.1) is 0 Å². The van der Waals surface area contributed by atoms with Gasteiger partial charge in [-0.1, -0.05) is 18.6 Å². The highest BCUT2D eigenvalue weighted by Crippen LogP contribution is 2.29. The zero-order chi connectivity index (χ0) is 18.6. The van der Waals surface area contributed by atoms with Crippen molar-refractivity contribution >= 4 is 17.6 Å². The van der Waals surface area contributed by atoms with Crippen LogP contribution in [-0.4, -0.2) is 60.3 Å². The average Bonchev–Trinajstić information content (AvgIpc) is 2.67. The molecule has 6 nitrogen and oxygen atoms in total. The number of ether oxygens (including phenoxy) is 1. The molecule has 1 N–H and O–H groups in total. The first-order chi connectivity index (χ1) is 12.5. The SMILES string of the molecule is O=C(COC(=O)C1(O)CCCCC1)N1CCN(c2ccccc2F)CC1. The van der Waals surface area contributed by atoms with Gasteiger partial charge < -0.3 is 19.6 Å². The fraction of sp³-hybridized carbons (Fsp3) is 0.579. The number of para-hydroxylation sites is 1. The van der Waals surface area contributed by atoms with E-state index in [2.05, 4.69) is 0 Å². The number of nitrogens with zero attached hydrogens (tertiary/aromatic N) is 2. The third kappa shape index (κ3) is 4.15. The molecule has 0 bridgehead atoms. The molecule has 1 amide bonds. The number of carbonyl (C=O) groups excluding carboxylic acids is 2. The van der Waals surface area contributed by atoms with Crippen LogP contribution < -0.4 is 4.90 Å². The first-order valence-corrected chi connectivity index (χ1v) is 9.16. The van der Waals surface area contributed by atoms with E-state index in [1.165, 1.54) is 6.07 Å². The van der Waals surface area contributed by atoms with Gasteiger partial charge in [-0.25, -0.2) is 9.18 Å². The van der Waals surface area contributed by atoms with Crippen LogP contribution in [0, 0.1) is 5.82 Å². The van der Waals surface area contributed by atoms with Crippen molar-refractivity contribution in [2.75, 3.05) is 37.7 Å². The summed E-state index contributed by atoms with van der Waals surface area (Å²) in [6, 6.07) is 6.57. The second kappa shape index (κ2) is 8.03. The van der Waals surface area contributed by atoms with Gasteiger partial charge in [0, 0.05) is 26.2 Å². The molecule has 1 saturated carbocycles. The number of hydrogen-bond acceptors (Lipinski definition) is 5. The van der Waals surface area contributed by atoms with Crippen LogP contribution in [0.3, 0.4) is 0 Å². The van der Waals surface area contributed by atoms with Crippen LogP contribution in [0.25, 0.3) is 0 Å². The van der Waals surface area contributed by atoms with E-state index in [9.17, 15) is 19.1 Å². The van der Waals surface area contributed by atoms with Gasteiger partial charge in [0.05, 0.1) is 5.69 Å². The number of halogens is 1. The molecule has 2 fully saturated rings. The highest BCUT2D eigenvalue weighted by Gasteiger charge is 2.39. The van der Waals surface area contributed by atoms with Crippen molar-refractivity contribution in [2.24, 2.45) is 0 Å². The Morgan fingerprint density at radius 2 is 1.73 bits per heavy atom. The van der Waals surface area contributed by atoms with Crippen LogP contribution in [0.2, 0.25) is 0 Å². The molecule has 142 valence electrons. The molecular formula is C19H25FN2O4. The number of amides is 1. The number of rotatable bonds is 4. The van der Waals surface area contributed by atoms with Crippen LogP contribution in [0.5, 0.6) is 0 Å². The van der Waals surface area contributed by atoms with E-state index in [1.54, 1.807) is 23.1 Å². The number of carbonyl (C=O) groups is 2. The van der Waals surface area contributed by atoms with Crippen molar-refractivity contribution in [3.63, 3.8) is 0 Å². The third-order valence-corrected chi connectivity index (χ3v) is 5.21. The topological polar surface area (TPSA) is 70.1 Å². The summed E-state index contributed by atoms with van der Waals surface area (Å²) >= 11 is 0. The highest BCUT2D eigenvalue weighted by atomic mass is 19.1. The number of aliphatic hydroxyl groups is 1. The predicted molar refractivity (Wildman–Crippen MR) is 94.2 cm³/mol. The van der Waals surface area contributed by atoms with Crippen LogP contribution in [0.4, 0.5) is 10.1 Å². The van der Waals surface area contributed by atoms with Crippen LogP contribution in [0.15, 0.2) is 24.3 Å². The maximum absolute atomic E-state index is 13.8. The van der Waals surface area contributed by atoms with Gasteiger partial charge in [-0.05, 0) is 37.8 Å². The van der Waals surface area contributed by atoms with Crippen molar-refractivity contribution in [1.82, 2.24) is 4.90 Å². The number of anilines is 1. The van der Waals surface area contributed by atoms with Crippen molar-refractivity contribution in [3.05, 3.63) is 30.1 Å². The average molecular weight is 364 g/mol. The van der Waals surface area contributed by atoms with Crippen molar-refractivity contribution in [1.29, 1.82) is 0 Å². The maximum atomic E-state index is 13.8. The molecule has 26 heavy (non-hydrogen) atoms. The molecule has 1 saturated heterocycles. The molecule has 0 spiro atoms. The van der Waals surface area contributed by atoms with E-state index >= 15 is 0 Å². The van der Waals surface area contributed by atoms with Gasteiger partial charge in [0.15, 0.2) is 12.2 Å². The fourth-order valence-corrected chi connectivity index (χ4v) is 3.60. The Morgan fingerprint density at radius 1 is 1.08 bits per heavy atom. The lowest BCUT2D eigenvalue weighted by atomic mass is 9.85. The van der Waals surface area contributed by atoms with Crippen LogP contribution >= 0.6 is 0 Å². The quantitative estimate of drug-likeness (QED) is 0.824. The van der Waals surface area contributed by atoms with E-state index in [4.69, 9.17) is 4.74 Å². The molecule has 0 aromatic heterocycles. The largest absolute Gasteiger partial charge is 0.453 e. The van der Waals surface area contributed by atoms with E-state index in [0.717, 1.165) is 19.3 Å². The van der Waals surface area contributed by atoms with E-state index in [-0.39, 0.29) is 18.3 Å². The molecular weight excluding hydrogens is 339 g/mol. The summed E-state index contributed by atoms with van der Waals surface area (Å²) in [4.78, 5) is 27.9. The summed E-state index contributed by atoms with van der Waals surface area (Å²) in [5.74, 6) is -1.26. The molecule has 2 aliphatic rings. The minimum absolute atomic E-state index is 0.276. The van der Waals surface area contributed by atoms with Gasteiger partial charge in [0.2, 0.25) is 0 Å². The summed E-state index contributed by atoms with van der Waals surface area (Å²) in [5.41, 5.74) is -0.909. The molecule has 1 aromatic carbocycles. The van der Waals surface area contributed by atoms with E-state index in [0.29, 0.717) is 44.7 Å². The summed E-state index contributed by atoms with van der Waals surface area (Å²) in [6.45, 7) is 1.56. The van der Waals surface area contributed by atoms with Gasteiger partial charge in [-0.2, -0.15) is 0 Å². The zero-order valence-electron chi connectivity index (χ0n) is 14.8. The smallest absolute Gasteiger partial charge is 0.338 e. The van der Waals surface area contributed by atoms with Gasteiger partial charge in [0.25, 0.3) is 5.91 Å². The highest BCUT2D eigenvalue weighted by molar-refractivity contribution is 5.84. The molecule has 1 aliphatic carbocycles. The van der Waals surface area contributed by atoms with E-state index < -0.39 is 11.6 Å². The first kappa shape index (κ1) is 18.6. The lowest BCUT2D eigenvalue weighted by Crippen LogP contribution is -2.50. The van der Waals surface area contributed by atoms with Crippen molar-refractivity contribution < 1.29 is 23.8 Å². The molecule has 0 radical (unpaired) electrons. The monoisotopic (exact) mass is 364 g/mol. The summed E-state index contributed by atoms with van der Waals surface area (Å²) in [5, 5.41) is 10.3. The van der Waals surface area contributed by atoms with Crippen molar-refractivity contribution in [3.8, 4) is 0 Å². The normalized spacial score (nSPS) is 19.9. The Hall–Kier alpha value is -2.15. The number of benzene rings is 1. The standard InChI is InChI=1S/C19H25FN2O4/c20-15-6-2-3-7-16(15)21-10-12-22(13-11-21)17(23)14-26-18(24)19(25)8-4-1-5-9-19/h2-3,6-7,25H,1,4-5,8-14H2.